The Hall–Kier alpha value is -2.69. The maximum atomic E-state index is 13.0. The lowest BCUT2D eigenvalue weighted by Gasteiger charge is -2.11. The van der Waals surface area contributed by atoms with Gasteiger partial charge in [-0.2, -0.15) is 5.10 Å². The second kappa shape index (κ2) is 6.83. The first-order valence-electron chi connectivity index (χ1n) is 8.07. The van der Waals surface area contributed by atoms with Crippen molar-refractivity contribution < 1.29 is 9.18 Å². The smallest absolute Gasteiger partial charge is 0.251 e. The SMILES string of the molecule is CC[C@H](C)NC(=O)c1ccc2cnn(Cc3ccc(F)cc3)c2c1. The van der Waals surface area contributed by atoms with Crippen LogP contribution in [0, 0.1) is 5.82 Å². The third-order valence-corrected chi connectivity index (χ3v) is 4.14. The quantitative estimate of drug-likeness (QED) is 0.776. The van der Waals surface area contributed by atoms with Crippen LogP contribution in [0.3, 0.4) is 0 Å². The lowest BCUT2D eigenvalue weighted by atomic mass is 10.1. The summed E-state index contributed by atoms with van der Waals surface area (Å²) >= 11 is 0. The largest absolute Gasteiger partial charge is 0.350 e. The average Bonchev–Trinajstić information content (AvgIpc) is 2.99. The van der Waals surface area contributed by atoms with Gasteiger partial charge in [0.05, 0.1) is 18.3 Å². The van der Waals surface area contributed by atoms with Gasteiger partial charge in [-0.25, -0.2) is 4.39 Å². The van der Waals surface area contributed by atoms with Crippen LogP contribution in [0.2, 0.25) is 0 Å². The Kier molecular flexibility index (Phi) is 4.60. The van der Waals surface area contributed by atoms with Crippen molar-refractivity contribution in [2.24, 2.45) is 0 Å². The molecule has 2 aromatic carbocycles. The summed E-state index contributed by atoms with van der Waals surface area (Å²) in [7, 11) is 0. The fourth-order valence-electron chi connectivity index (χ4n) is 2.51. The number of nitrogens with zero attached hydrogens (tertiary/aromatic N) is 2. The molecule has 1 atom stereocenters. The van der Waals surface area contributed by atoms with E-state index in [1.807, 2.05) is 36.7 Å². The molecule has 1 heterocycles. The fraction of sp³-hybridized carbons (Fsp3) is 0.263. The molecule has 124 valence electrons. The van der Waals surface area contributed by atoms with Gasteiger partial charge in [-0.05, 0) is 43.2 Å². The van der Waals surface area contributed by atoms with Crippen LogP contribution in [-0.2, 0) is 6.54 Å². The van der Waals surface area contributed by atoms with Crippen molar-refractivity contribution in [1.82, 2.24) is 15.1 Å². The summed E-state index contributed by atoms with van der Waals surface area (Å²) in [4.78, 5) is 12.3. The van der Waals surface area contributed by atoms with Crippen molar-refractivity contribution >= 4 is 16.8 Å². The Morgan fingerprint density at radius 3 is 2.71 bits per heavy atom. The molecule has 1 aromatic heterocycles. The molecule has 0 unspecified atom stereocenters. The number of rotatable bonds is 5. The zero-order valence-electron chi connectivity index (χ0n) is 13.8. The molecule has 0 saturated heterocycles. The lowest BCUT2D eigenvalue weighted by Crippen LogP contribution is -2.31. The highest BCUT2D eigenvalue weighted by Gasteiger charge is 2.11. The number of hydrogen-bond acceptors (Lipinski definition) is 2. The molecule has 0 fully saturated rings. The first-order valence-corrected chi connectivity index (χ1v) is 8.07. The van der Waals surface area contributed by atoms with Gasteiger partial charge in [0.2, 0.25) is 0 Å². The highest BCUT2D eigenvalue weighted by molar-refractivity contribution is 5.98. The second-order valence-corrected chi connectivity index (χ2v) is 5.99. The minimum absolute atomic E-state index is 0.0826. The van der Waals surface area contributed by atoms with E-state index in [2.05, 4.69) is 10.4 Å². The van der Waals surface area contributed by atoms with Crippen molar-refractivity contribution in [3.8, 4) is 0 Å². The van der Waals surface area contributed by atoms with Crippen molar-refractivity contribution in [2.75, 3.05) is 0 Å². The molecule has 0 radical (unpaired) electrons. The van der Waals surface area contributed by atoms with Crippen molar-refractivity contribution in [3.05, 3.63) is 65.6 Å². The molecular weight excluding hydrogens is 305 g/mol. The van der Waals surface area contributed by atoms with E-state index < -0.39 is 0 Å². The topological polar surface area (TPSA) is 46.9 Å². The van der Waals surface area contributed by atoms with Gasteiger partial charge in [0.1, 0.15) is 5.82 Å². The van der Waals surface area contributed by atoms with Crippen LogP contribution < -0.4 is 5.32 Å². The minimum Gasteiger partial charge on any atom is -0.350 e. The van der Waals surface area contributed by atoms with E-state index in [4.69, 9.17) is 0 Å². The zero-order valence-corrected chi connectivity index (χ0v) is 13.8. The molecule has 4 nitrogen and oxygen atoms in total. The Morgan fingerprint density at radius 1 is 1.25 bits per heavy atom. The normalized spacial score (nSPS) is 12.3. The molecule has 0 saturated carbocycles. The summed E-state index contributed by atoms with van der Waals surface area (Å²) in [6.45, 7) is 4.54. The molecule has 24 heavy (non-hydrogen) atoms. The van der Waals surface area contributed by atoms with Crippen LogP contribution in [0.15, 0.2) is 48.7 Å². The van der Waals surface area contributed by atoms with Crippen LogP contribution in [0.25, 0.3) is 10.9 Å². The molecule has 1 N–H and O–H groups in total. The van der Waals surface area contributed by atoms with Crippen LogP contribution in [0.1, 0.15) is 36.2 Å². The summed E-state index contributed by atoms with van der Waals surface area (Å²) < 4.78 is 14.8. The van der Waals surface area contributed by atoms with Crippen LogP contribution in [0.5, 0.6) is 0 Å². The third-order valence-electron chi connectivity index (χ3n) is 4.14. The van der Waals surface area contributed by atoms with Gasteiger partial charge in [0.15, 0.2) is 0 Å². The van der Waals surface area contributed by atoms with Crippen LogP contribution in [-0.4, -0.2) is 21.7 Å². The summed E-state index contributed by atoms with van der Waals surface area (Å²) in [5.74, 6) is -0.339. The maximum absolute atomic E-state index is 13.0. The first-order chi connectivity index (χ1) is 11.6. The average molecular weight is 325 g/mol. The number of fused-ring (bicyclic) bond motifs is 1. The van der Waals surface area contributed by atoms with Gasteiger partial charge in [0, 0.05) is 17.0 Å². The number of carbonyl (C=O) groups excluding carboxylic acids is 1. The predicted octanol–water partition coefficient (Wildman–Crippen LogP) is 3.75. The van der Waals surface area contributed by atoms with Gasteiger partial charge < -0.3 is 5.32 Å². The number of hydrogen-bond donors (Lipinski definition) is 1. The van der Waals surface area contributed by atoms with Gasteiger partial charge >= 0.3 is 0 Å². The predicted molar refractivity (Wildman–Crippen MR) is 92.5 cm³/mol. The Morgan fingerprint density at radius 2 is 2.00 bits per heavy atom. The van der Waals surface area contributed by atoms with E-state index in [1.54, 1.807) is 18.3 Å². The van der Waals surface area contributed by atoms with E-state index in [-0.39, 0.29) is 17.8 Å². The van der Waals surface area contributed by atoms with Crippen LogP contribution >= 0.6 is 0 Å². The number of halogens is 1. The Bertz CT molecular complexity index is 855. The Labute approximate surface area is 140 Å². The van der Waals surface area contributed by atoms with Crippen molar-refractivity contribution in [3.63, 3.8) is 0 Å². The van der Waals surface area contributed by atoms with Crippen molar-refractivity contribution in [1.29, 1.82) is 0 Å². The molecule has 5 heteroatoms. The van der Waals surface area contributed by atoms with E-state index >= 15 is 0 Å². The number of carbonyl (C=O) groups is 1. The monoisotopic (exact) mass is 325 g/mol. The van der Waals surface area contributed by atoms with Gasteiger partial charge in [-0.3, -0.25) is 9.48 Å². The molecule has 0 aliphatic rings. The molecule has 0 aliphatic carbocycles. The van der Waals surface area contributed by atoms with Crippen LogP contribution in [0.4, 0.5) is 4.39 Å². The van der Waals surface area contributed by atoms with E-state index in [0.717, 1.165) is 22.9 Å². The maximum Gasteiger partial charge on any atom is 0.251 e. The fourth-order valence-corrected chi connectivity index (χ4v) is 2.51. The minimum atomic E-state index is -0.256. The lowest BCUT2D eigenvalue weighted by molar-refractivity contribution is 0.0939. The molecule has 1 amide bonds. The molecular formula is C19H20FN3O. The van der Waals surface area contributed by atoms with Gasteiger partial charge in [-0.1, -0.05) is 25.1 Å². The standard InChI is InChI=1S/C19H20FN3O/c1-3-13(2)22-19(24)15-6-7-16-11-21-23(18(16)10-15)12-14-4-8-17(20)9-5-14/h4-11,13H,3,12H2,1-2H3,(H,22,24)/t13-/m0/s1. The number of amides is 1. The summed E-state index contributed by atoms with van der Waals surface area (Å²) in [6.07, 6.45) is 2.66. The zero-order chi connectivity index (χ0) is 17.1. The molecule has 3 rings (SSSR count). The van der Waals surface area contributed by atoms with E-state index in [1.165, 1.54) is 12.1 Å². The number of nitrogens with one attached hydrogen (secondary N) is 1. The first kappa shape index (κ1) is 16.2. The highest BCUT2D eigenvalue weighted by atomic mass is 19.1. The number of benzene rings is 2. The molecule has 3 aromatic rings. The summed E-state index contributed by atoms with van der Waals surface area (Å²) in [6, 6.07) is 12.0. The summed E-state index contributed by atoms with van der Waals surface area (Å²) in [5, 5.41) is 8.32. The number of aromatic nitrogens is 2. The van der Waals surface area contributed by atoms with Gasteiger partial charge in [-0.15, -0.1) is 0 Å². The molecule has 0 aliphatic heterocycles. The molecule has 0 spiro atoms. The van der Waals surface area contributed by atoms with Gasteiger partial charge in [0.25, 0.3) is 5.91 Å². The summed E-state index contributed by atoms with van der Waals surface area (Å²) in [5.41, 5.74) is 2.45. The van der Waals surface area contributed by atoms with Crippen molar-refractivity contribution in [2.45, 2.75) is 32.9 Å². The highest BCUT2D eigenvalue weighted by Crippen LogP contribution is 2.17. The molecule has 0 bridgehead atoms. The third kappa shape index (κ3) is 3.45. The Balaban J connectivity index is 1.88. The second-order valence-electron chi connectivity index (χ2n) is 5.99. The van der Waals surface area contributed by atoms with E-state index in [0.29, 0.717) is 12.1 Å². The van der Waals surface area contributed by atoms with E-state index in [9.17, 15) is 9.18 Å².